The molecule has 0 saturated carbocycles. The summed E-state index contributed by atoms with van der Waals surface area (Å²) >= 11 is 0. The molecule has 4 rings (SSSR count). The second-order valence-corrected chi connectivity index (χ2v) is 7.12. The summed E-state index contributed by atoms with van der Waals surface area (Å²) in [6, 6.07) is 19.0. The summed E-state index contributed by atoms with van der Waals surface area (Å²) in [5, 5.41) is 16.4. The van der Waals surface area contributed by atoms with Gasteiger partial charge in [-0.3, -0.25) is 9.78 Å². The van der Waals surface area contributed by atoms with Crippen LogP contribution < -0.4 is 5.32 Å². The lowest BCUT2D eigenvalue weighted by Crippen LogP contribution is -2.17. The number of pyridine rings is 1. The molecular weight excluding hydrogens is 443 g/mol. The maximum absolute atomic E-state index is 13.3. The van der Waals surface area contributed by atoms with Crippen molar-refractivity contribution < 1.29 is 18.0 Å². The summed E-state index contributed by atoms with van der Waals surface area (Å²) in [6.07, 6.45) is 1.44. The van der Waals surface area contributed by atoms with E-state index in [1.54, 1.807) is 41.5 Å². The molecule has 0 aliphatic heterocycles. The molecule has 1 amide bonds. The van der Waals surface area contributed by atoms with Crippen molar-refractivity contribution in [2.45, 2.75) is 6.18 Å². The maximum Gasteiger partial charge on any atom is 0.418 e. The van der Waals surface area contributed by atoms with Gasteiger partial charge in [0.25, 0.3) is 5.91 Å². The third-order valence-electron chi connectivity index (χ3n) is 4.86. The first kappa shape index (κ1) is 22.5. The van der Waals surface area contributed by atoms with Gasteiger partial charge in [-0.15, -0.1) is 0 Å². The Morgan fingerprint density at radius 1 is 1.00 bits per heavy atom. The highest BCUT2D eigenvalue weighted by atomic mass is 19.4. The van der Waals surface area contributed by atoms with E-state index in [1.807, 2.05) is 30.3 Å². The second-order valence-electron chi connectivity index (χ2n) is 7.12. The molecule has 0 spiro atoms. The van der Waals surface area contributed by atoms with Gasteiger partial charge >= 0.3 is 6.18 Å². The normalized spacial score (nSPS) is 11.6. The van der Waals surface area contributed by atoms with E-state index in [9.17, 15) is 23.2 Å². The molecule has 168 valence electrons. The van der Waals surface area contributed by atoms with Crippen molar-refractivity contribution in [3.63, 3.8) is 0 Å². The number of hydrogen-bond donors (Lipinski definition) is 1. The fraction of sp³-hybridized carbons (Fsp3) is 0.0400. The van der Waals surface area contributed by atoms with Crippen LogP contribution in [0, 0.1) is 11.3 Å². The van der Waals surface area contributed by atoms with Crippen molar-refractivity contribution in [3.05, 3.63) is 102 Å². The van der Waals surface area contributed by atoms with Crippen molar-refractivity contribution in [1.82, 2.24) is 14.8 Å². The molecule has 0 saturated heterocycles. The van der Waals surface area contributed by atoms with Crippen molar-refractivity contribution >= 4 is 17.7 Å². The maximum atomic E-state index is 13.3. The highest BCUT2D eigenvalue weighted by Crippen LogP contribution is 2.35. The molecule has 0 fully saturated rings. The van der Waals surface area contributed by atoms with Gasteiger partial charge in [0.2, 0.25) is 0 Å². The Bertz CT molecular complexity index is 1390. The molecule has 2 aromatic heterocycles. The first-order valence-electron chi connectivity index (χ1n) is 10.0. The Kier molecular flexibility index (Phi) is 6.23. The molecule has 0 atom stereocenters. The smallest absolute Gasteiger partial charge is 0.321 e. The van der Waals surface area contributed by atoms with Gasteiger partial charge in [-0.1, -0.05) is 30.3 Å². The first-order chi connectivity index (χ1) is 16.4. The summed E-state index contributed by atoms with van der Waals surface area (Å²) < 4.78 is 41.4. The Hall–Kier alpha value is -4.71. The predicted octanol–water partition coefficient (Wildman–Crippen LogP) is 5.50. The Balaban J connectivity index is 1.74. The number of carbonyl (C=O) groups is 1. The van der Waals surface area contributed by atoms with E-state index >= 15 is 0 Å². The topological polar surface area (TPSA) is 83.6 Å². The van der Waals surface area contributed by atoms with Crippen LogP contribution in [0.4, 0.5) is 18.9 Å². The van der Waals surface area contributed by atoms with Crippen molar-refractivity contribution in [3.8, 4) is 23.0 Å². The van der Waals surface area contributed by atoms with Crippen molar-refractivity contribution in [1.29, 1.82) is 5.26 Å². The number of carbonyl (C=O) groups excluding carboxylic acids is 1. The lowest BCUT2D eigenvalue weighted by atomic mass is 10.1. The van der Waals surface area contributed by atoms with Crippen LogP contribution >= 0.6 is 0 Å². The van der Waals surface area contributed by atoms with Crippen molar-refractivity contribution in [2.24, 2.45) is 0 Å². The van der Waals surface area contributed by atoms with E-state index < -0.39 is 23.3 Å². The summed E-state index contributed by atoms with van der Waals surface area (Å²) in [4.78, 5) is 16.7. The van der Waals surface area contributed by atoms with E-state index in [0.717, 1.165) is 17.8 Å². The number of hydrogen-bond acceptors (Lipinski definition) is 4. The van der Waals surface area contributed by atoms with Gasteiger partial charge in [-0.2, -0.15) is 23.5 Å². The van der Waals surface area contributed by atoms with Gasteiger partial charge in [0.05, 0.1) is 16.9 Å². The molecule has 2 aromatic carbocycles. The minimum absolute atomic E-state index is 0.375. The molecule has 4 aromatic rings. The zero-order valence-electron chi connectivity index (χ0n) is 17.5. The van der Waals surface area contributed by atoms with Crippen LogP contribution in [0.2, 0.25) is 0 Å². The minimum atomic E-state index is -4.66. The number of para-hydroxylation sites is 2. The van der Waals surface area contributed by atoms with Gasteiger partial charge < -0.3 is 5.32 Å². The third kappa shape index (κ3) is 4.86. The second kappa shape index (κ2) is 9.42. The summed E-state index contributed by atoms with van der Waals surface area (Å²) in [5.74, 6) is -0.965. The molecule has 0 aliphatic rings. The van der Waals surface area contributed by atoms with E-state index in [1.165, 1.54) is 18.2 Å². The molecule has 2 heterocycles. The SMILES string of the molecule is N#C/C(=C\c1cn(-c2ccccc2)nc1-c1ccncc1)C(=O)Nc1ccccc1C(F)(F)F. The minimum Gasteiger partial charge on any atom is -0.321 e. The summed E-state index contributed by atoms with van der Waals surface area (Å²) in [6.45, 7) is 0. The number of amides is 1. The molecule has 9 heteroatoms. The van der Waals surface area contributed by atoms with Crippen LogP contribution in [0.5, 0.6) is 0 Å². The van der Waals surface area contributed by atoms with E-state index in [4.69, 9.17) is 0 Å². The Labute approximate surface area is 192 Å². The van der Waals surface area contributed by atoms with Crippen LogP contribution in [-0.4, -0.2) is 20.7 Å². The number of nitriles is 1. The van der Waals surface area contributed by atoms with Crippen LogP contribution in [0.1, 0.15) is 11.1 Å². The molecular formula is C25H16F3N5O. The third-order valence-corrected chi connectivity index (χ3v) is 4.86. The van der Waals surface area contributed by atoms with Crippen LogP contribution in [0.3, 0.4) is 0 Å². The van der Waals surface area contributed by atoms with Crippen LogP contribution in [0.15, 0.2) is 90.9 Å². The number of alkyl halides is 3. The fourth-order valence-electron chi connectivity index (χ4n) is 3.27. The van der Waals surface area contributed by atoms with Gasteiger partial charge in [-0.05, 0) is 42.5 Å². The molecule has 0 radical (unpaired) electrons. The van der Waals surface area contributed by atoms with Crippen LogP contribution in [-0.2, 0) is 11.0 Å². The summed E-state index contributed by atoms with van der Waals surface area (Å²) in [5.41, 5.74) is 0.536. The van der Waals surface area contributed by atoms with Crippen molar-refractivity contribution in [2.75, 3.05) is 5.32 Å². The lowest BCUT2D eigenvalue weighted by Gasteiger charge is -2.13. The lowest BCUT2D eigenvalue weighted by molar-refractivity contribution is -0.137. The number of rotatable bonds is 5. The highest BCUT2D eigenvalue weighted by Gasteiger charge is 2.33. The molecule has 0 unspecified atom stereocenters. The molecule has 34 heavy (non-hydrogen) atoms. The number of aromatic nitrogens is 3. The number of nitrogens with zero attached hydrogens (tertiary/aromatic N) is 4. The zero-order chi connectivity index (χ0) is 24.1. The fourth-order valence-corrected chi connectivity index (χ4v) is 3.27. The quantitative estimate of drug-likeness (QED) is 0.316. The molecule has 0 bridgehead atoms. The van der Waals surface area contributed by atoms with E-state index in [2.05, 4.69) is 15.4 Å². The standard InChI is InChI=1S/C25H16F3N5O/c26-25(27,28)21-8-4-5-9-22(21)31-24(34)18(15-29)14-19-16-33(20-6-2-1-3-7-20)32-23(19)17-10-12-30-13-11-17/h1-14,16H,(H,31,34)/b18-14+. The first-order valence-corrected chi connectivity index (χ1v) is 10.0. The predicted molar refractivity (Wildman–Crippen MR) is 120 cm³/mol. The molecule has 0 aliphatic carbocycles. The zero-order valence-corrected chi connectivity index (χ0v) is 17.5. The highest BCUT2D eigenvalue weighted by molar-refractivity contribution is 6.10. The largest absolute Gasteiger partial charge is 0.418 e. The number of nitrogens with one attached hydrogen (secondary N) is 1. The van der Waals surface area contributed by atoms with Crippen LogP contribution in [0.25, 0.3) is 23.0 Å². The van der Waals surface area contributed by atoms with E-state index in [-0.39, 0.29) is 5.57 Å². The average Bonchev–Trinajstić information content (AvgIpc) is 3.27. The number of halogens is 3. The monoisotopic (exact) mass is 459 g/mol. The van der Waals surface area contributed by atoms with E-state index in [0.29, 0.717) is 16.8 Å². The Morgan fingerprint density at radius 3 is 2.35 bits per heavy atom. The number of benzene rings is 2. The number of anilines is 1. The summed E-state index contributed by atoms with van der Waals surface area (Å²) in [7, 11) is 0. The van der Waals surface area contributed by atoms with Gasteiger partial charge in [0.1, 0.15) is 17.3 Å². The van der Waals surface area contributed by atoms with Gasteiger partial charge in [-0.25, -0.2) is 4.68 Å². The van der Waals surface area contributed by atoms with Gasteiger partial charge in [0.15, 0.2) is 0 Å². The average molecular weight is 459 g/mol. The molecule has 1 N–H and O–H groups in total. The Morgan fingerprint density at radius 2 is 1.68 bits per heavy atom. The molecule has 6 nitrogen and oxygen atoms in total. The van der Waals surface area contributed by atoms with Gasteiger partial charge in [0, 0.05) is 29.7 Å².